The van der Waals surface area contributed by atoms with Gasteiger partial charge in [-0.05, 0) is 30.3 Å². The molecular formula is C18H17N3O6S. The van der Waals surface area contributed by atoms with Crippen LogP contribution in [-0.4, -0.2) is 45.0 Å². The molecule has 0 saturated heterocycles. The molecule has 1 aromatic heterocycles. The van der Waals surface area contributed by atoms with Crippen LogP contribution in [0.15, 0.2) is 51.8 Å². The minimum absolute atomic E-state index is 0.0680. The van der Waals surface area contributed by atoms with Gasteiger partial charge in [0.1, 0.15) is 0 Å². The molecule has 0 atom stereocenters. The summed E-state index contributed by atoms with van der Waals surface area (Å²) in [5, 5.41) is 10.1. The third kappa shape index (κ3) is 3.96. The number of hydrogen-bond acceptors (Lipinski definition) is 8. The molecular weight excluding hydrogens is 386 g/mol. The van der Waals surface area contributed by atoms with Crippen LogP contribution in [0.5, 0.6) is 11.5 Å². The number of carbonyl (C=O) groups excluding carboxylic acids is 1. The zero-order chi connectivity index (χ0) is 20.3. The number of nitrogens with zero attached hydrogens (tertiary/aromatic N) is 2. The Balaban J connectivity index is 1.85. The van der Waals surface area contributed by atoms with Gasteiger partial charge in [0.25, 0.3) is 5.91 Å². The van der Waals surface area contributed by atoms with Crippen LogP contribution in [0.4, 0.5) is 6.01 Å². The van der Waals surface area contributed by atoms with Gasteiger partial charge >= 0.3 is 6.01 Å². The van der Waals surface area contributed by atoms with Crippen molar-refractivity contribution in [2.45, 2.75) is 4.90 Å². The number of nitrogens with one attached hydrogen (secondary N) is 1. The molecule has 0 spiro atoms. The Kier molecular flexibility index (Phi) is 5.32. The number of rotatable bonds is 6. The zero-order valence-corrected chi connectivity index (χ0v) is 16.1. The summed E-state index contributed by atoms with van der Waals surface area (Å²) in [4.78, 5) is 12.7. The molecule has 1 amide bonds. The molecule has 0 aliphatic carbocycles. The summed E-state index contributed by atoms with van der Waals surface area (Å²) in [6.45, 7) is 0. The third-order valence-electron chi connectivity index (χ3n) is 3.80. The third-order valence-corrected chi connectivity index (χ3v) is 4.91. The minimum Gasteiger partial charge on any atom is -0.493 e. The van der Waals surface area contributed by atoms with Gasteiger partial charge < -0.3 is 13.9 Å². The highest BCUT2D eigenvalue weighted by atomic mass is 32.2. The average molecular weight is 403 g/mol. The maximum Gasteiger partial charge on any atom is 0.322 e. The lowest BCUT2D eigenvalue weighted by molar-refractivity contribution is 0.102. The summed E-state index contributed by atoms with van der Waals surface area (Å²) in [5.41, 5.74) is 0.635. The summed E-state index contributed by atoms with van der Waals surface area (Å²) in [6, 6.07) is 10.8. The Bertz CT molecular complexity index is 1120. The van der Waals surface area contributed by atoms with Crippen molar-refractivity contribution < 1.29 is 27.1 Å². The van der Waals surface area contributed by atoms with Crippen molar-refractivity contribution >= 4 is 21.8 Å². The normalized spacial score (nSPS) is 11.1. The monoisotopic (exact) mass is 403 g/mol. The number of carbonyl (C=O) groups is 1. The second kappa shape index (κ2) is 7.69. The number of aromatic nitrogens is 2. The van der Waals surface area contributed by atoms with E-state index in [0.717, 1.165) is 6.26 Å². The molecule has 146 valence electrons. The molecule has 3 rings (SSSR count). The van der Waals surface area contributed by atoms with Crippen LogP contribution >= 0.6 is 0 Å². The molecule has 0 aliphatic rings. The van der Waals surface area contributed by atoms with E-state index in [4.69, 9.17) is 13.9 Å². The average Bonchev–Trinajstić information content (AvgIpc) is 3.15. The maximum absolute atomic E-state index is 12.5. The molecule has 9 nitrogen and oxygen atoms in total. The van der Waals surface area contributed by atoms with E-state index in [-0.39, 0.29) is 28.1 Å². The summed E-state index contributed by atoms with van der Waals surface area (Å²) in [6.07, 6.45) is 1.10. The Morgan fingerprint density at radius 2 is 1.82 bits per heavy atom. The summed E-state index contributed by atoms with van der Waals surface area (Å²) >= 11 is 0. The van der Waals surface area contributed by atoms with Crippen LogP contribution in [0.1, 0.15) is 10.4 Å². The Morgan fingerprint density at radius 1 is 1.07 bits per heavy atom. The van der Waals surface area contributed by atoms with E-state index in [1.54, 1.807) is 30.3 Å². The van der Waals surface area contributed by atoms with Crippen molar-refractivity contribution in [1.82, 2.24) is 10.2 Å². The van der Waals surface area contributed by atoms with E-state index in [9.17, 15) is 13.2 Å². The first kappa shape index (κ1) is 19.4. The van der Waals surface area contributed by atoms with E-state index in [0.29, 0.717) is 11.3 Å². The molecule has 0 radical (unpaired) electrons. The van der Waals surface area contributed by atoms with Crippen molar-refractivity contribution in [2.24, 2.45) is 0 Å². The van der Waals surface area contributed by atoms with Crippen LogP contribution in [0, 0.1) is 0 Å². The summed E-state index contributed by atoms with van der Waals surface area (Å²) < 4.78 is 39.2. The van der Waals surface area contributed by atoms with Crippen LogP contribution in [-0.2, 0) is 9.84 Å². The van der Waals surface area contributed by atoms with Crippen LogP contribution in [0.3, 0.4) is 0 Å². The molecule has 0 aliphatic heterocycles. The molecule has 0 fully saturated rings. The fraction of sp³-hybridized carbons (Fsp3) is 0.167. The number of methoxy groups -OCH3 is 2. The highest BCUT2D eigenvalue weighted by Crippen LogP contribution is 2.31. The lowest BCUT2D eigenvalue weighted by Gasteiger charge is -2.11. The fourth-order valence-corrected chi connectivity index (χ4v) is 3.15. The predicted molar refractivity (Wildman–Crippen MR) is 100 cm³/mol. The van der Waals surface area contributed by atoms with Gasteiger partial charge in [-0.2, -0.15) is 0 Å². The molecule has 28 heavy (non-hydrogen) atoms. The van der Waals surface area contributed by atoms with E-state index in [1.807, 2.05) is 0 Å². The summed E-state index contributed by atoms with van der Waals surface area (Å²) in [5.74, 6) is 0.205. The number of hydrogen-bond donors (Lipinski definition) is 1. The number of benzene rings is 2. The van der Waals surface area contributed by atoms with Crippen molar-refractivity contribution in [2.75, 3.05) is 25.8 Å². The lowest BCUT2D eigenvalue weighted by Crippen LogP contribution is -2.13. The SMILES string of the molecule is COc1cccc(C(=O)Nc2nnc(-c3cccc(S(C)(=O)=O)c3)o2)c1OC. The second-order valence-corrected chi connectivity index (χ2v) is 7.72. The largest absolute Gasteiger partial charge is 0.493 e. The highest BCUT2D eigenvalue weighted by molar-refractivity contribution is 7.90. The number of amides is 1. The van der Waals surface area contributed by atoms with E-state index >= 15 is 0 Å². The zero-order valence-electron chi connectivity index (χ0n) is 15.3. The van der Waals surface area contributed by atoms with Crippen molar-refractivity contribution in [3.63, 3.8) is 0 Å². The Labute approximate surface area is 161 Å². The van der Waals surface area contributed by atoms with Crippen molar-refractivity contribution in [3.05, 3.63) is 48.0 Å². The smallest absolute Gasteiger partial charge is 0.322 e. The predicted octanol–water partition coefficient (Wildman–Crippen LogP) is 2.41. The number of sulfone groups is 1. The maximum atomic E-state index is 12.5. The number of para-hydroxylation sites is 1. The standard InChI is InChI=1S/C18H17N3O6S/c1-25-14-9-5-8-13(15(14)26-2)16(22)19-18-21-20-17(27-18)11-6-4-7-12(10-11)28(3,23)24/h4-10H,1-3H3,(H,19,21,22). The number of ether oxygens (including phenoxy) is 2. The minimum atomic E-state index is -3.38. The molecule has 1 N–H and O–H groups in total. The van der Waals surface area contributed by atoms with Crippen molar-refractivity contribution in [3.8, 4) is 23.0 Å². The second-order valence-electron chi connectivity index (χ2n) is 5.71. The topological polar surface area (TPSA) is 121 Å². The van der Waals surface area contributed by atoms with Gasteiger partial charge in [-0.3, -0.25) is 10.1 Å². The molecule has 0 saturated carbocycles. The van der Waals surface area contributed by atoms with E-state index in [1.165, 1.54) is 26.4 Å². The first-order valence-electron chi connectivity index (χ1n) is 8.00. The fourth-order valence-electron chi connectivity index (χ4n) is 2.48. The van der Waals surface area contributed by atoms with E-state index < -0.39 is 15.7 Å². The van der Waals surface area contributed by atoms with Gasteiger partial charge in [-0.15, -0.1) is 5.10 Å². The lowest BCUT2D eigenvalue weighted by atomic mass is 10.1. The van der Waals surface area contributed by atoms with Gasteiger partial charge in [0.05, 0.1) is 24.7 Å². The molecule has 1 heterocycles. The molecule has 0 unspecified atom stereocenters. The van der Waals surface area contributed by atoms with Gasteiger partial charge in [0, 0.05) is 11.8 Å². The molecule has 10 heteroatoms. The summed E-state index contributed by atoms with van der Waals surface area (Å²) in [7, 11) is -0.490. The van der Waals surface area contributed by atoms with Gasteiger partial charge in [0.15, 0.2) is 21.3 Å². The van der Waals surface area contributed by atoms with Crippen molar-refractivity contribution in [1.29, 1.82) is 0 Å². The first-order chi connectivity index (χ1) is 13.3. The quantitative estimate of drug-likeness (QED) is 0.666. The molecule has 3 aromatic rings. The van der Waals surface area contributed by atoms with Gasteiger partial charge in [0.2, 0.25) is 5.89 Å². The van der Waals surface area contributed by atoms with E-state index in [2.05, 4.69) is 15.5 Å². The Hall–Kier alpha value is -3.40. The van der Waals surface area contributed by atoms with Crippen LogP contribution in [0.25, 0.3) is 11.5 Å². The van der Waals surface area contributed by atoms with Crippen LogP contribution < -0.4 is 14.8 Å². The number of anilines is 1. The van der Waals surface area contributed by atoms with Crippen LogP contribution in [0.2, 0.25) is 0 Å². The first-order valence-corrected chi connectivity index (χ1v) is 9.89. The highest BCUT2D eigenvalue weighted by Gasteiger charge is 2.19. The van der Waals surface area contributed by atoms with Gasteiger partial charge in [-0.1, -0.05) is 17.2 Å². The Morgan fingerprint density at radius 3 is 2.50 bits per heavy atom. The van der Waals surface area contributed by atoms with Gasteiger partial charge in [-0.25, -0.2) is 8.42 Å². The molecule has 0 bridgehead atoms. The molecule has 2 aromatic carbocycles.